The van der Waals surface area contributed by atoms with E-state index in [2.05, 4.69) is 24.4 Å². The molecule has 3 nitrogen and oxygen atoms in total. The van der Waals surface area contributed by atoms with Crippen LogP contribution in [-0.2, 0) is 0 Å². The molecule has 3 heteroatoms. The minimum absolute atomic E-state index is 0.317. The molecule has 1 unspecified atom stereocenters. The van der Waals surface area contributed by atoms with Gasteiger partial charge in [0.2, 0.25) is 0 Å². The van der Waals surface area contributed by atoms with Crippen LogP contribution in [0.15, 0.2) is 12.1 Å². The first-order valence-corrected chi connectivity index (χ1v) is 7.04. The Morgan fingerprint density at radius 3 is 2.37 bits per heavy atom. The molecule has 0 amide bonds. The molecule has 106 valence electrons. The summed E-state index contributed by atoms with van der Waals surface area (Å²) in [6, 6.07) is 4.83. The van der Waals surface area contributed by atoms with Gasteiger partial charge >= 0.3 is 0 Å². The first-order chi connectivity index (χ1) is 8.87. The molecule has 2 N–H and O–H groups in total. The molecule has 1 fully saturated rings. The van der Waals surface area contributed by atoms with Crippen molar-refractivity contribution in [3.05, 3.63) is 28.8 Å². The Bertz CT molecular complexity index is 427. The summed E-state index contributed by atoms with van der Waals surface area (Å²) in [5, 5.41) is 13.6. The number of rotatable bonds is 6. The zero-order valence-electron chi connectivity index (χ0n) is 12.4. The van der Waals surface area contributed by atoms with Gasteiger partial charge in [-0.1, -0.05) is 17.7 Å². The van der Waals surface area contributed by atoms with Gasteiger partial charge in [-0.05, 0) is 51.7 Å². The summed E-state index contributed by atoms with van der Waals surface area (Å²) < 4.78 is 5.85. The number of aliphatic hydroxyl groups is 1. The van der Waals surface area contributed by atoms with Crippen LogP contribution in [0.4, 0.5) is 0 Å². The maximum atomic E-state index is 10.3. The van der Waals surface area contributed by atoms with Gasteiger partial charge in [0, 0.05) is 12.6 Å². The van der Waals surface area contributed by atoms with Crippen LogP contribution in [0.3, 0.4) is 0 Å². The standard InChI is InChI=1S/C16H25NO2/c1-11-7-12(2)15(13(3)8-11)19-10-16(4,18)9-17-14-5-6-14/h7-8,14,17-18H,5-6,9-10H2,1-4H3. The van der Waals surface area contributed by atoms with Gasteiger partial charge in [0.1, 0.15) is 18.0 Å². The molecular formula is C16H25NO2. The Morgan fingerprint density at radius 2 is 1.84 bits per heavy atom. The van der Waals surface area contributed by atoms with E-state index in [0.29, 0.717) is 19.2 Å². The van der Waals surface area contributed by atoms with Gasteiger partial charge < -0.3 is 15.2 Å². The van der Waals surface area contributed by atoms with Crippen molar-refractivity contribution in [1.29, 1.82) is 0 Å². The predicted molar refractivity (Wildman–Crippen MR) is 77.8 cm³/mol. The third-order valence-corrected chi connectivity index (χ3v) is 3.48. The van der Waals surface area contributed by atoms with Crippen LogP contribution in [0.25, 0.3) is 0 Å². The number of ether oxygens (including phenoxy) is 1. The van der Waals surface area contributed by atoms with Gasteiger partial charge in [-0.25, -0.2) is 0 Å². The zero-order chi connectivity index (χ0) is 14.0. The molecule has 1 atom stereocenters. The van der Waals surface area contributed by atoms with Crippen molar-refractivity contribution < 1.29 is 9.84 Å². The summed E-state index contributed by atoms with van der Waals surface area (Å²) in [7, 11) is 0. The largest absolute Gasteiger partial charge is 0.490 e. The van der Waals surface area contributed by atoms with Gasteiger partial charge in [-0.15, -0.1) is 0 Å². The normalized spacial score (nSPS) is 18.2. The maximum Gasteiger partial charge on any atom is 0.125 e. The maximum absolute atomic E-state index is 10.3. The molecule has 0 heterocycles. The molecule has 1 aliphatic rings. The van der Waals surface area contributed by atoms with E-state index in [-0.39, 0.29) is 0 Å². The number of hydrogen-bond donors (Lipinski definition) is 2. The number of benzene rings is 1. The van der Waals surface area contributed by atoms with Crippen LogP contribution >= 0.6 is 0 Å². The molecule has 0 bridgehead atoms. The highest BCUT2D eigenvalue weighted by Gasteiger charge is 2.27. The highest BCUT2D eigenvalue weighted by atomic mass is 16.5. The highest BCUT2D eigenvalue weighted by molar-refractivity contribution is 5.42. The molecule has 0 spiro atoms. The molecule has 2 rings (SSSR count). The summed E-state index contributed by atoms with van der Waals surface area (Å²) in [5.74, 6) is 0.900. The summed E-state index contributed by atoms with van der Waals surface area (Å²) in [4.78, 5) is 0. The van der Waals surface area contributed by atoms with E-state index in [9.17, 15) is 5.11 Å². The highest BCUT2D eigenvalue weighted by Crippen LogP contribution is 2.25. The van der Waals surface area contributed by atoms with E-state index >= 15 is 0 Å². The van der Waals surface area contributed by atoms with Gasteiger partial charge in [0.05, 0.1) is 0 Å². The molecule has 1 aromatic rings. The molecular weight excluding hydrogens is 238 g/mol. The van der Waals surface area contributed by atoms with Gasteiger partial charge in [0.25, 0.3) is 0 Å². The summed E-state index contributed by atoms with van der Waals surface area (Å²) in [6.07, 6.45) is 2.46. The zero-order valence-corrected chi connectivity index (χ0v) is 12.4. The number of hydrogen-bond acceptors (Lipinski definition) is 3. The third-order valence-electron chi connectivity index (χ3n) is 3.48. The molecule has 0 saturated heterocycles. The minimum Gasteiger partial charge on any atom is -0.490 e. The average Bonchev–Trinajstić information content (AvgIpc) is 3.08. The fourth-order valence-electron chi connectivity index (χ4n) is 2.32. The van der Waals surface area contributed by atoms with Crippen LogP contribution in [0.5, 0.6) is 5.75 Å². The van der Waals surface area contributed by atoms with Crippen molar-refractivity contribution in [3.63, 3.8) is 0 Å². The topological polar surface area (TPSA) is 41.5 Å². The lowest BCUT2D eigenvalue weighted by molar-refractivity contribution is 0.0116. The second-order valence-electron chi connectivity index (χ2n) is 6.17. The monoisotopic (exact) mass is 263 g/mol. The third kappa shape index (κ3) is 4.22. The molecule has 1 aromatic carbocycles. The molecule has 1 saturated carbocycles. The summed E-state index contributed by atoms with van der Waals surface area (Å²) in [6.45, 7) is 8.90. The van der Waals surface area contributed by atoms with E-state index in [4.69, 9.17) is 4.74 Å². The molecule has 19 heavy (non-hydrogen) atoms. The van der Waals surface area contributed by atoms with E-state index in [1.54, 1.807) is 0 Å². The van der Waals surface area contributed by atoms with Crippen molar-refractivity contribution in [1.82, 2.24) is 5.32 Å². The van der Waals surface area contributed by atoms with Crippen molar-refractivity contribution in [3.8, 4) is 5.75 Å². The molecule has 0 aliphatic heterocycles. The average molecular weight is 263 g/mol. The van der Waals surface area contributed by atoms with Crippen molar-refractivity contribution in [2.45, 2.75) is 52.2 Å². The first-order valence-electron chi connectivity index (χ1n) is 7.04. The van der Waals surface area contributed by atoms with Gasteiger partial charge in [0.15, 0.2) is 0 Å². The minimum atomic E-state index is -0.827. The van der Waals surface area contributed by atoms with Crippen molar-refractivity contribution in [2.75, 3.05) is 13.2 Å². The predicted octanol–water partition coefficient (Wildman–Crippen LogP) is 2.49. The second kappa shape index (κ2) is 5.51. The Hall–Kier alpha value is -1.06. The first kappa shape index (κ1) is 14.4. The Kier molecular flexibility index (Phi) is 4.16. The SMILES string of the molecule is Cc1cc(C)c(OCC(C)(O)CNC2CC2)c(C)c1. The quantitative estimate of drug-likeness (QED) is 0.828. The number of aryl methyl sites for hydroxylation is 3. The lowest BCUT2D eigenvalue weighted by atomic mass is 10.1. The van der Waals surface area contributed by atoms with Crippen LogP contribution in [0.1, 0.15) is 36.5 Å². The van der Waals surface area contributed by atoms with E-state index in [1.165, 1.54) is 18.4 Å². The van der Waals surface area contributed by atoms with Crippen LogP contribution in [0, 0.1) is 20.8 Å². The Labute approximate surface area is 116 Å². The van der Waals surface area contributed by atoms with Crippen LogP contribution in [-0.4, -0.2) is 29.9 Å². The fraction of sp³-hybridized carbons (Fsp3) is 0.625. The van der Waals surface area contributed by atoms with Crippen LogP contribution < -0.4 is 10.1 Å². The van der Waals surface area contributed by atoms with Gasteiger partial charge in [-0.3, -0.25) is 0 Å². The molecule has 0 radical (unpaired) electrons. The van der Waals surface area contributed by atoms with Crippen molar-refractivity contribution >= 4 is 0 Å². The van der Waals surface area contributed by atoms with Gasteiger partial charge in [-0.2, -0.15) is 0 Å². The van der Waals surface area contributed by atoms with E-state index in [1.807, 2.05) is 20.8 Å². The Balaban J connectivity index is 1.93. The fourth-order valence-corrected chi connectivity index (χ4v) is 2.32. The van der Waals surface area contributed by atoms with E-state index < -0.39 is 5.60 Å². The van der Waals surface area contributed by atoms with E-state index in [0.717, 1.165) is 16.9 Å². The summed E-state index contributed by atoms with van der Waals surface area (Å²) in [5.41, 5.74) is 2.67. The number of nitrogens with one attached hydrogen (secondary N) is 1. The lowest BCUT2D eigenvalue weighted by Crippen LogP contribution is -2.43. The Morgan fingerprint density at radius 1 is 1.26 bits per heavy atom. The summed E-state index contributed by atoms with van der Waals surface area (Å²) >= 11 is 0. The second-order valence-corrected chi connectivity index (χ2v) is 6.17. The molecule has 1 aliphatic carbocycles. The van der Waals surface area contributed by atoms with Crippen LogP contribution in [0.2, 0.25) is 0 Å². The molecule has 0 aromatic heterocycles. The van der Waals surface area contributed by atoms with Crippen molar-refractivity contribution in [2.24, 2.45) is 0 Å². The smallest absolute Gasteiger partial charge is 0.125 e. The lowest BCUT2D eigenvalue weighted by Gasteiger charge is -2.25.